The lowest BCUT2D eigenvalue weighted by Crippen LogP contribution is -2.49. The van der Waals surface area contributed by atoms with E-state index in [1.165, 1.54) is 17.4 Å². The van der Waals surface area contributed by atoms with E-state index in [0.29, 0.717) is 18.0 Å². The van der Waals surface area contributed by atoms with Gasteiger partial charge in [-0.25, -0.2) is 4.68 Å². The van der Waals surface area contributed by atoms with Crippen LogP contribution in [0.1, 0.15) is 25.7 Å². The zero-order valence-electron chi connectivity index (χ0n) is 13.4. The first kappa shape index (κ1) is 15.0. The fraction of sp³-hybridized carbons (Fsp3) is 0.867. The SMILES string of the molecule is O=C(Cn1cnnn1)N1C[C@H]2CC[C@@H]1CN(C1CCOCC1)C2. The van der Waals surface area contributed by atoms with Gasteiger partial charge in [0.1, 0.15) is 12.9 Å². The van der Waals surface area contributed by atoms with Crippen LogP contribution in [0.4, 0.5) is 0 Å². The molecule has 8 nitrogen and oxygen atoms in total. The lowest BCUT2D eigenvalue weighted by molar-refractivity contribution is -0.136. The van der Waals surface area contributed by atoms with E-state index in [-0.39, 0.29) is 12.5 Å². The van der Waals surface area contributed by atoms with Crippen LogP contribution in [-0.2, 0) is 16.1 Å². The van der Waals surface area contributed by atoms with E-state index in [1.54, 1.807) is 0 Å². The lowest BCUT2D eigenvalue weighted by atomic mass is 9.95. The summed E-state index contributed by atoms with van der Waals surface area (Å²) in [7, 11) is 0. The molecule has 2 bridgehead atoms. The Morgan fingerprint density at radius 1 is 1.09 bits per heavy atom. The maximum atomic E-state index is 12.7. The predicted octanol–water partition coefficient (Wildman–Crippen LogP) is -0.225. The summed E-state index contributed by atoms with van der Waals surface area (Å²) in [5.74, 6) is 0.732. The van der Waals surface area contributed by atoms with E-state index in [9.17, 15) is 4.79 Å². The van der Waals surface area contributed by atoms with Crippen LogP contribution in [0, 0.1) is 5.92 Å². The smallest absolute Gasteiger partial charge is 0.244 e. The molecule has 4 fully saturated rings. The number of tetrazole rings is 1. The van der Waals surface area contributed by atoms with Crippen molar-refractivity contribution in [2.75, 3.05) is 32.8 Å². The highest BCUT2D eigenvalue weighted by atomic mass is 16.5. The molecular formula is C15H24N6O2. The average Bonchev–Trinajstić information content (AvgIpc) is 2.92. The van der Waals surface area contributed by atoms with Gasteiger partial charge in [-0.15, -0.1) is 5.10 Å². The summed E-state index contributed by atoms with van der Waals surface area (Å²) in [6, 6.07) is 0.960. The second kappa shape index (κ2) is 6.52. The van der Waals surface area contributed by atoms with Crippen LogP contribution in [0.25, 0.3) is 0 Å². The second-order valence-electron chi connectivity index (χ2n) is 6.95. The Morgan fingerprint density at radius 2 is 1.96 bits per heavy atom. The Hall–Kier alpha value is -1.54. The maximum Gasteiger partial charge on any atom is 0.244 e. The highest BCUT2D eigenvalue weighted by Crippen LogP contribution is 2.30. The van der Waals surface area contributed by atoms with Crippen LogP contribution in [-0.4, -0.2) is 80.8 Å². The molecule has 0 N–H and O–H groups in total. The number of ether oxygens (including phenoxy) is 1. The Kier molecular flexibility index (Phi) is 4.26. The number of carbonyl (C=O) groups is 1. The maximum absolute atomic E-state index is 12.7. The highest BCUT2D eigenvalue weighted by molar-refractivity contribution is 5.76. The molecule has 126 valence electrons. The van der Waals surface area contributed by atoms with Crippen LogP contribution in [0.2, 0.25) is 0 Å². The van der Waals surface area contributed by atoms with Gasteiger partial charge in [0.25, 0.3) is 0 Å². The molecule has 4 saturated heterocycles. The van der Waals surface area contributed by atoms with Gasteiger partial charge in [-0.3, -0.25) is 9.69 Å². The molecule has 0 radical (unpaired) electrons. The van der Waals surface area contributed by atoms with E-state index in [1.807, 2.05) is 0 Å². The fourth-order valence-corrected chi connectivity index (χ4v) is 4.25. The van der Waals surface area contributed by atoms with Crippen LogP contribution in [0.15, 0.2) is 6.33 Å². The second-order valence-corrected chi connectivity index (χ2v) is 6.95. The summed E-state index contributed by atoms with van der Waals surface area (Å²) in [5.41, 5.74) is 0. The first-order valence-corrected chi connectivity index (χ1v) is 8.61. The number of rotatable bonds is 3. The topological polar surface area (TPSA) is 76.4 Å². The minimum Gasteiger partial charge on any atom is -0.381 e. The van der Waals surface area contributed by atoms with Crippen LogP contribution in [0.5, 0.6) is 0 Å². The van der Waals surface area contributed by atoms with E-state index in [4.69, 9.17) is 4.74 Å². The Morgan fingerprint density at radius 3 is 2.74 bits per heavy atom. The summed E-state index contributed by atoms with van der Waals surface area (Å²) in [5, 5.41) is 11.0. The van der Waals surface area contributed by atoms with E-state index in [2.05, 4.69) is 25.3 Å². The molecule has 4 aliphatic rings. The van der Waals surface area contributed by atoms with Gasteiger partial charge >= 0.3 is 0 Å². The summed E-state index contributed by atoms with van der Waals surface area (Å²) < 4.78 is 7.01. The molecule has 23 heavy (non-hydrogen) atoms. The standard InChI is InChI=1S/C15H24N6O2/c22-15(10-20-11-16-17-18-20)21-8-12-1-2-14(21)9-19(7-12)13-3-5-23-6-4-13/h11-14H,1-10H2/t12-,14+/m0/s1. The minimum atomic E-state index is 0.140. The quantitative estimate of drug-likeness (QED) is 0.766. The third kappa shape index (κ3) is 3.23. The van der Waals surface area contributed by atoms with Crippen LogP contribution >= 0.6 is 0 Å². The minimum absolute atomic E-state index is 0.140. The van der Waals surface area contributed by atoms with Crippen molar-refractivity contribution in [3.8, 4) is 0 Å². The molecule has 8 heteroatoms. The predicted molar refractivity (Wildman–Crippen MR) is 81.5 cm³/mol. The summed E-state index contributed by atoms with van der Waals surface area (Å²) in [6.07, 6.45) is 6.10. The third-order valence-electron chi connectivity index (χ3n) is 5.46. The molecule has 5 heterocycles. The lowest BCUT2D eigenvalue weighted by Gasteiger charge is -2.37. The number of piperidine rings is 1. The van der Waals surface area contributed by atoms with Gasteiger partial charge in [-0.2, -0.15) is 0 Å². The zero-order chi connectivity index (χ0) is 15.6. The molecule has 5 rings (SSSR count). The van der Waals surface area contributed by atoms with Crippen molar-refractivity contribution in [3.63, 3.8) is 0 Å². The Balaban J connectivity index is 1.43. The van der Waals surface area contributed by atoms with Crippen LogP contribution < -0.4 is 0 Å². The summed E-state index contributed by atoms with van der Waals surface area (Å²) >= 11 is 0. The van der Waals surface area contributed by atoms with E-state index >= 15 is 0 Å². The third-order valence-corrected chi connectivity index (χ3v) is 5.46. The van der Waals surface area contributed by atoms with Crippen molar-refractivity contribution < 1.29 is 9.53 Å². The molecule has 0 aliphatic carbocycles. The van der Waals surface area contributed by atoms with Crippen LogP contribution in [0.3, 0.4) is 0 Å². The number of hydrogen-bond donors (Lipinski definition) is 0. The molecular weight excluding hydrogens is 296 g/mol. The number of amides is 1. The summed E-state index contributed by atoms with van der Waals surface area (Å²) in [6.45, 7) is 4.99. The zero-order valence-corrected chi connectivity index (χ0v) is 13.4. The van der Waals surface area contributed by atoms with Crippen molar-refractivity contribution in [3.05, 3.63) is 6.33 Å². The average molecular weight is 320 g/mol. The molecule has 4 aliphatic heterocycles. The molecule has 1 aromatic rings. The number of hydrogen-bond acceptors (Lipinski definition) is 6. The number of carbonyl (C=O) groups excluding carboxylic acids is 1. The van der Waals surface area contributed by atoms with Crippen molar-refractivity contribution in [1.82, 2.24) is 30.0 Å². The van der Waals surface area contributed by atoms with Gasteiger partial charge in [-0.05, 0) is 42.0 Å². The number of fused-ring (bicyclic) bond motifs is 4. The van der Waals surface area contributed by atoms with Crippen molar-refractivity contribution in [2.45, 2.75) is 44.3 Å². The van der Waals surface area contributed by atoms with Gasteiger partial charge < -0.3 is 9.64 Å². The molecule has 0 aromatic carbocycles. The van der Waals surface area contributed by atoms with Gasteiger partial charge in [0.2, 0.25) is 5.91 Å². The van der Waals surface area contributed by atoms with Crippen molar-refractivity contribution in [1.29, 1.82) is 0 Å². The van der Waals surface area contributed by atoms with E-state index < -0.39 is 0 Å². The molecule has 1 aromatic heterocycles. The molecule has 0 spiro atoms. The normalized spacial score (nSPS) is 29.7. The van der Waals surface area contributed by atoms with Crippen molar-refractivity contribution in [2.24, 2.45) is 5.92 Å². The Bertz CT molecular complexity index is 530. The van der Waals surface area contributed by atoms with Gasteiger partial charge in [0, 0.05) is 44.9 Å². The first-order valence-electron chi connectivity index (χ1n) is 8.61. The van der Waals surface area contributed by atoms with E-state index in [0.717, 1.165) is 52.1 Å². The summed E-state index contributed by atoms with van der Waals surface area (Å²) in [4.78, 5) is 17.4. The molecule has 2 atom stereocenters. The van der Waals surface area contributed by atoms with Gasteiger partial charge in [0.05, 0.1) is 0 Å². The molecule has 0 saturated carbocycles. The highest BCUT2D eigenvalue weighted by Gasteiger charge is 2.39. The van der Waals surface area contributed by atoms with Crippen molar-refractivity contribution >= 4 is 5.91 Å². The van der Waals surface area contributed by atoms with Gasteiger partial charge in [-0.1, -0.05) is 0 Å². The monoisotopic (exact) mass is 320 g/mol. The molecule has 1 amide bonds. The van der Waals surface area contributed by atoms with Gasteiger partial charge in [0.15, 0.2) is 0 Å². The number of nitrogens with zero attached hydrogens (tertiary/aromatic N) is 6. The Labute approximate surface area is 135 Å². The molecule has 0 unspecified atom stereocenters. The fourth-order valence-electron chi connectivity index (χ4n) is 4.25. The largest absolute Gasteiger partial charge is 0.381 e. The first-order chi connectivity index (χ1) is 11.3. The number of aromatic nitrogens is 4.